The van der Waals surface area contributed by atoms with Gasteiger partial charge < -0.3 is 5.32 Å². The van der Waals surface area contributed by atoms with Crippen molar-refractivity contribution in [3.8, 4) is 0 Å². The monoisotopic (exact) mass is 296 g/mol. The maximum atomic E-state index is 3.72. The van der Waals surface area contributed by atoms with E-state index in [0.717, 1.165) is 12.5 Å². The Kier molecular flexibility index (Phi) is 7.19. The van der Waals surface area contributed by atoms with Gasteiger partial charge in [0, 0.05) is 18.1 Å². The van der Waals surface area contributed by atoms with Crippen molar-refractivity contribution in [1.82, 2.24) is 10.2 Å². The van der Waals surface area contributed by atoms with Crippen molar-refractivity contribution < 1.29 is 0 Å². The van der Waals surface area contributed by atoms with Crippen LogP contribution in [0, 0.1) is 11.3 Å². The summed E-state index contributed by atoms with van der Waals surface area (Å²) in [6.45, 7) is 20.1. The third-order valence-electron chi connectivity index (χ3n) is 4.99. The van der Waals surface area contributed by atoms with Gasteiger partial charge in [-0.3, -0.25) is 4.90 Å². The lowest BCUT2D eigenvalue weighted by molar-refractivity contribution is 0.165. The van der Waals surface area contributed by atoms with Crippen molar-refractivity contribution in [2.24, 2.45) is 11.3 Å². The Hall–Kier alpha value is -0.0800. The van der Waals surface area contributed by atoms with Gasteiger partial charge in [0.2, 0.25) is 0 Å². The number of likely N-dealkylation sites (tertiary alicyclic amines) is 1. The Morgan fingerprint density at radius 3 is 2.24 bits per heavy atom. The van der Waals surface area contributed by atoms with E-state index in [9.17, 15) is 0 Å². The van der Waals surface area contributed by atoms with Crippen molar-refractivity contribution in [2.75, 3.05) is 19.6 Å². The molecule has 1 fully saturated rings. The zero-order valence-electron chi connectivity index (χ0n) is 15.8. The van der Waals surface area contributed by atoms with Crippen molar-refractivity contribution in [3.63, 3.8) is 0 Å². The Labute approximate surface area is 134 Å². The maximum absolute atomic E-state index is 3.72. The molecule has 2 atom stereocenters. The molecule has 1 aliphatic heterocycles. The summed E-state index contributed by atoms with van der Waals surface area (Å²) < 4.78 is 0. The molecule has 1 aliphatic rings. The topological polar surface area (TPSA) is 15.3 Å². The molecule has 1 saturated heterocycles. The van der Waals surface area contributed by atoms with Crippen LogP contribution in [0.1, 0.15) is 80.6 Å². The Morgan fingerprint density at radius 1 is 1.05 bits per heavy atom. The third-order valence-corrected chi connectivity index (χ3v) is 4.99. The third kappa shape index (κ3) is 7.15. The second-order valence-corrected chi connectivity index (χ2v) is 9.10. The lowest BCUT2D eigenvalue weighted by Gasteiger charge is -2.34. The van der Waals surface area contributed by atoms with E-state index in [0.29, 0.717) is 11.5 Å². The normalized spacial score (nSPS) is 23.9. The highest BCUT2D eigenvalue weighted by molar-refractivity contribution is 4.84. The smallest absolute Gasteiger partial charge is 0.0220 e. The zero-order valence-corrected chi connectivity index (χ0v) is 15.8. The summed E-state index contributed by atoms with van der Waals surface area (Å²) in [5.74, 6) is 0.889. The molecule has 1 heterocycles. The maximum Gasteiger partial charge on any atom is 0.0220 e. The number of hydrogen-bond acceptors (Lipinski definition) is 2. The van der Waals surface area contributed by atoms with Crippen LogP contribution in [0.25, 0.3) is 0 Å². The summed E-state index contributed by atoms with van der Waals surface area (Å²) in [5.41, 5.74) is 0.700. The minimum Gasteiger partial charge on any atom is -0.311 e. The summed E-state index contributed by atoms with van der Waals surface area (Å²) in [6, 6.07) is 0.716. The molecule has 21 heavy (non-hydrogen) atoms. The molecule has 2 unspecified atom stereocenters. The molecule has 126 valence electrons. The molecule has 1 rings (SSSR count). The molecule has 0 radical (unpaired) electrons. The standard InChI is InChI=1S/C19H40N2/c1-8-10-17(15-20-19(5,6)7)21-13-9-11-16(12-14-21)18(2,3)4/h16-17,20H,8-15H2,1-7H3. The molecule has 2 nitrogen and oxygen atoms in total. The zero-order chi connectivity index (χ0) is 16.1. The van der Waals surface area contributed by atoms with Crippen LogP contribution in [0.3, 0.4) is 0 Å². The lowest BCUT2D eigenvalue weighted by atomic mass is 9.77. The SMILES string of the molecule is CCCC(CNC(C)(C)C)N1CCCC(C(C)(C)C)CC1. The first-order valence-corrected chi connectivity index (χ1v) is 9.12. The first-order valence-electron chi connectivity index (χ1n) is 9.12. The van der Waals surface area contributed by atoms with Crippen LogP contribution in [-0.4, -0.2) is 36.1 Å². The minimum absolute atomic E-state index is 0.228. The van der Waals surface area contributed by atoms with Crippen LogP contribution in [-0.2, 0) is 0 Å². The van der Waals surface area contributed by atoms with Gasteiger partial charge in [0.05, 0.1) is 0 Å². The van der Waals surface area contributed by atoms with E-state index in [-0.39, 0.29) is 5.54 Å². The van der Waals surface area contributed by atoms with Gasteiger partial charge in [-0.2, -0.15) is 0 Å². The van der Waals surface area contributed by atoms with Crippen LogP contribution >= 0.6 is 0 Å². The number of nitrogens with one attached hydrogen (secondary N) is 1. The molecule has 0 aromatic rings. The molecule has 0 aromatic heterocycles. The van der Waals surface area contributed by atoms with Gasteiger partial charge in [0.1, 0.15) is 0 Å². The molecular weight excluding hydrogens is 256 g/mol. The summed E-state index contributed by atoms with van der Waals surface area (Å²) in [6.07, 6.45) is 6.77. The van der Waals surface area contributed by atoms with Gasteiger partial charge in [-0.15, -0.1) is 0 Å². The second kappa shape index (κ2) is 7.97. The van der Waals surface area contributed by atoms with E-state index in [1.807, 2.05) is 0 Å². The molecule has 2 heteroatoms. The van der Waals surface area contributed by atoms with Gasteiger partial charge in [0.25, 0.3) is 0 Å². The fourth-order valence-corrected chi connectivity index (χ4v) is 3.52. The quantitative estimate of drug-likeness (QED) is 0.791. The number of nitrogens with zero attached hydrogens (tertiary/aromatic N) is 1. The molecule has 0 aromatic carbocycles. The molecular formula is C19H40N2. The second-order valence-electron chi connectivity index (χ2n) is 9.10. The fraction of sp³-hybridized carbons (Fsp3) is 1.00. The van der Waals surface area contributed by atoms with Gasteiger partial charge in [-0.1, -0.05) is 34.1 Å². The van der Waals surface area contributed by atoms with E-state index in [4.69, 9.17) is 0 Å². The molecule has 1 N–H and O–H groups in total. The van der Waals surface area contributed by atoms with Crippen molar-refractivity contribution in [1.29, 1.82) is 0 Å². The fourth-order valence-electron chi connectivity index (χ4n) is 3.52. The van der Waals surface area contributed by atoms with Gasteiger partial charge in [-0.25, -0.2) is 0 Å². The number of rotatable bonds is 5. The lowest BCUT2D eigenvalue weighted by Crippen LogP contribution is -2.48. The largest absolute Gasteiger partial charge is 0.311 e. The average molecular weight is 297 g/mol. The molecule has 0 amide bonds. The molecule has 0 bridgehead atoms. The van der Waals surface area contributed by atoms with Crippen molar-refractivity contribution in [2.45, 2.75) is 92.2 Å². The highest BCUT2D eigenvalue weighted by Crippen LogP contribution is 2.34. The van der Waals surface area contributed by atoms with Crippen LogP contribution in [0.2, 0.25) is 0 Å². The summed E-state index contributed by atoms with van der Waals surface area (Å²) in [7, 11) is 0. The number of hydrogen-bond donors (Lipinski definition) is 1. The molecule has 0 aliphatic carbocycles. The van der Waals surface area contributed by atoms with Crippen molar-refractivity contribution >= 4 is 0 Å². The van der Waals surface area contributed by atoms with Crippen LogP contribution in [0.15, 0.2) is 0 Å². The van der Waals surface area contributed by atoms with Crippen LogP contribution in [0.4, 0.5) is 0 Å². The van der Waals surface area contributed by atoms with E-state index in [1.54, 1.807) is 0 Å². The van der Waals surface area contributed by atoms with Gasteiger partial charge in [0.15, 0.2) is 0 Å². The van der Waals surface area contributed by atoms with Crippen molar-refractivity contribution in [3.05, 3.63) is 0 Å². The predicted molar refractivity (Wildman–Crippen MR) is 94.8 cm³/mol. The van der Waals surface area contributed by atoms with E-state index in [1.165, 1.54) is 45.2 Å². The predicted octanol–water partition coefficient (Wildman–Crippen LogP) is 4.69. The minimum atomic E-state index is 0.228. The summed E-state index contributed by atoms with van der Waals surface area (Å²) in [4.78, 5) is 2.77. The van der Waals surface area contributed by atoms with Crippen LogP contribution < -0.4 is 5.32 Å². The summed E-state index contributed by atoms with van der Waals surface area (Å²) >= 11 is 0. The first-order chi connectivity index (χ1) is 9.63. The highest BCUT2D eigenvalue weighted by atomic mass is 15.2. The Morgan fingerprint density at radius 2 is 1.71 bits per heavy atom. The van der Waals surface area contributed by atoms with E-state index < -0.39 is 0 Å². The van der Waals surface area contributed by atoms with Crippen LogP contribution in [0.5, 0.6) is 0 Å². The van der Waals surface area contributed by atoms with E-state index in [2.05, 4.69) is 58.7 Å². The molecule has 0 spiro atoms. The average Bonchev–Trinajstić information content (AvgIpc) is 2.58. The van der Waals surface area contributed by atoms with Gasteiger partial charge >= 0.3 is 0 Å². The highest BCUT2D eigenvalue weighted by Gasteiger charge is 2.29. The summed E-state index contributed by atoms with van der Waals surface area (Å²) in [5, 5.41) is 3.72. The van der Waals surface area contributed by atoms with Gasteiger partial charge in [-0.05, 0) is 70.9 Å². The Balaban J connectivity index is 2.58. The molecule has 0 saturated carbocycles. The van der Waals surface area contributed by atoms with E-state index >= 15 is 0 Å². The first kappa shape index (κ1) is 19.0. The Bertz CT molecular complexity index is 285.